The fourth-order valence-corrected chi connectivity index (χ4v) is 3.96. The SMILES string of the molecule is O=C1NC(=O)N(c2ccc(O)cc2)C(=O)/C1=C/c1c(OCc2ccccc2F)ccc2ccccc12. The molecular formula is C28H19FN2O5. The molecule has 4 amide bonds. The molecule has 0 atom stereocenters. The standard InChI is InChI=1S/C28H19FN2O5/c29-24-8-4-2-6-18(24)16-36-25-14-9-17-5-1-3-7-21(17)22(25)15-23-26(33)30-28(35)31(27(23)34)19-10-12-20(32)13-11-19/h1-15,32H,16H2,(H,30,33,35)/b23-15+. The molecule has 0 unspecified atom stereocenters. The Hall–Kier alpha value is -4.98. The van der Waals surface area contributed by atoms with Crippen molar-refractivity contribution in [2.75, 3.05) is 4.90 Å². The van der Waals surface area contributed by atoms with Crippen LogP contribution in [-0.4, -0.2) is 23.0 Å². The topological polar surface area (TPSA) is 95.9 Å². The van der Waals surface area contributed by atoms with Crippen molar-refractivity contribution in [2.24, 2.45) is 0 Å². The van der Waals surface area contributed by atoms with Crippen LogP contribution in [0.3, 0.4) is 0 Å². The average molecular weight is 482 g/mol. The minimum absolute atomic E-state index is 0.0390. The van der Waals surface area contributed by atoms with E-state index in [4.69, 9.17) is 4.74 Å². The van der Waals surface area contributed by atoms with Gasteiger partial charge in [-0.25, -0.2) is 14.1 Å². The van der Waals surface area contributed by atoms with Gasteiger partial charge in [-0.15, -0.1) is 0 Å². The fourth-order valence-electron chi connectivity index (χ4n) is 3.96. The van der Waals surface area contributed by atoms with Crippen molar-refractivity contribution in [3.05, 3.63) is 107 Å². The van der Waals surface area contributed by atoms with Crippen LogP contribution in [0.4, 0.5) is 14.9 Å². The monoisotopic (exact) mass is 482 g/mol. The quantitative estimate of drug-likeness (QED) is 0.311. The van der Waals surface area contributed by atoms with E-state index in [1.54, 1.807) is 30.3 Å². The van der Waals surface area contributed by atoms with Crippen LogP contribution in [0.1, 0.15) is 11.1 Å². The first kappa shape index (κ1) is 22.8. The van der Waals surface area contributed by atoms with Crippen LogP contribution >= 0.6 is 0 Å². The molecule has 0 spiro atoms. The van der Waals surface area contributed by atoms with Crippen molar-refractivity contribution < 1.29 is 28.6 Å². The first-order valence-corrected chi connectivity index (χ1v) is 11.0. The molecule has 1 aliphatic heterocycles. The van der Waals surface area contributed by atoms with E-state index < -0.39 is 23.7 Å². The number of rotatable bonds is 5. The number of fused-ring (bicyclic) bond motifs is 1. The summed E-state index contributed by atoms with van der Waals surface area (Å²) in [6.07, 6.45) is 1.37. The van der Waals surface area contributed by atoms with Gasteiger partial charge in [-0.2, -0.15) is 0 Å². The smallest absolute Gasteiger partial charge is 0.335 e. The molecule has 5 rings (SSSR count). The van der Waals surface area contributed by atoms with Crippen LogP contribution in [0.5, 0.6) is 11.5 Å². The number of phenolic OH excluding ortho intramolecular Hbond substituents is 1. The van der Waals surface area contributed by atoms with E-state index in [1.807, 2.05) is 24.3 Å². The summed E-state index contributed by atoms with van der Waals surface area (Å²) in [6, 6.07) is 21.6. The van der Waals surface area contributed by atoms with Crippen molar-refractivity contribution in [2.45, 2.75) is 6.61 Å². The minimum Gasteiger partial charge on any atom is -0.508 e. The number of hydrogen-bond acceptors (Lipinski definition) is 5. The zero-order valence-corrected chi connectivity index (χ0v) is 18.8. The molecule has 0 saturated carbocycles. The van der Waals surface area contributed by atoms with Crippen LogP contribution in [-0.2, 0) is 16.2 Å². The van der Waals surface area contributed by atoms with Crippen molar-refractivity contribution in [3.8, 4) is 11.5 Å². The summed E-state index contributed by atoms with van der Waals surface area (Å²) in [5.74, 6) is -1.81. The van der Waals surface area contributed by atoms with E-state index in [0.29, 0.717) is 22.3 Å². The molecule has 4 aromatic rings. The van der Waals surface area contributed by atoms with E-state index in [1.165, 1.54) is 36.4 Å². The van der Waals surface area contributed by atoms with Gasteiger partial charge in [-0.05, 0) is 53.2 Å². The van der Waals surface area contributed by atoms with E-state index in [2.05, 4.69) is 5.32 Å². The lowest BCUT2D eigenvalue weighted by Gasteiger charge is -2.26. The Balaban J connectivity index is 1.59. The molecule has 7 nitrogen and oxygen atoms in total. The summed E-state index contributed by atoms with van der Waals surface area (Å²) in [5, 5.41) is 13.3. The number of nitrogens with one attached hydrogen (secondary N) is 1. The first-order valence-electron chi connectivity index (χ1n) is 11.0. The number of halogens is 1. The number of phenols is 1. The van der Waals surface area contributed by atoms with Crippen LogP contribution in [0.2, 0.25) is 0 Å². The number of barbiturate groups is 1. The van der Waals surface area contributed by atoms with Crippen LogP contribution in [0.25, 0.3) is 16.8 Å². The number of aromatic hydroxyl groups is 1. The van der Waals surface area contributed by atoms with Gasteiger partial charge in [-0.3, -0.25) is 14.9 Å². The number of hydrogen-bond donors (Lipinski definition) is 2. The van der Waals surface area contributed by atoms with E-state index in [9.17, 15) is 23.9 Å². The second-order valence-corrected chi connectivity index (χ2v) is 8.05. The lowest BCUT2D eigenvalue weighted by molar-refractivity contribution is -0.122. The predicted octanol–water partition coefficient (Wildman–Crippen LogP) is 4.93. The highest BCUT2D eigenvalue weighted by atomic mass is 19.1. The number of anilines is 1. The molecule has 1 saturated heterocycles. The van der Waals surface area contributed by atoms with E-state index in [0.717, 1.165) is 10.3 Å². The highest BCUT2D eigenvalue weighted by Crippen LogP contribution is 2.32. The van der Waals surface area contributed by atoms with Crippen molar-refractivity contribution in [1.29, 1.82) is 0 Å². The highest BCUT2D eigenvalue weighted by molar-refractivity contribution is 6.39. The Bertz CT molecular complexity index is 1550. The van der Waals surface area contributed by atoms with Crippen LogP contribution in [0, 0.1) is 5.82 Å². The molecule has 36 heavy (non-hydrogen) atoms. The fraction of sp³-hybridized carbons (Fsp3) is 0.0357. The second-order valence-electron chi connectivity index (χ2n) is 8.05. The third-order valence-electron chi connectivity index (χ3n) is 5.77. The summed E-state index contributed by atoms with van der Waals surface area (Å²) in [5.41, 5.74) is 0.681. The Morgan fingerprint density at radius 3 is 2.39 bits per heavy atom. The molecule has 1 fully saturated rings. The molecule has 0 aliphatic carbocycles. The van der Waals surface area contributed by atoms with Crippen molar-refractivity contribution >= 4 is 40.4 Å². The van der Waals surface area contributed by atoms with Gasteiger partial charge in [0, 0.05) is 11.1 Å². The van der Waals surface area contributed by atoms with Gasteiger partial charge in [0.05, 0.1) is 5.69 Å². The lowest BCUT2D eigenvalue weighted by atomic mass is 9.99. The zero-order valence-electron chi connectivity index (χ0n) is 18.8. The molecule has 0 radical (unpaired) electrons. The van der Waals surface area contributed by atoms with E-state index in [-0.39, 0.29) is 23.6 Å². The number of imide groups is 2. The number of nitrogens with zero attached hydrogens (tertiary/aromatic N) is 1. The number of carbonyl (C=O) groups excluding carboxylic acids is 3. The predicted molar refractivity (Wildman–Crippen MR) is 132 cm³/mol. The van der Waals surface area contributed by atoms with Gasteiger partial charge in [-0.1, -0.05) is 48.5 Å². The van der Waals surface area contributed by atoms with E-state index >= 15 is 0 Å². The van der Waals surface area contributed by atoms with Crippen molar-refractivity contribution in [3.63, 3.8) is 0 Å². The number of benzene rings is 4. The van der Waals surface area contributed by atoms with Gasteiger partial charge >= 0.3 is 6.03 Å². The summed E-state index contributed by atoms with van der Waals surface area (Å²) in [6.45, 7) is -0.0700. The maximum atomic E-state index is 14.1. The number of amides is 4. The normalized spacial score (nSPS) is 14.9. The van der Waals surface area contributed by atoms with Crippen LogP contribution in [0.15, 0.2) is 90.5 Å². The van der Waals surface area contributed by atoms with Gasteiger partial charge in [0.15, 0.2) is 0 Å². The summed E-state index contributed by atoms with van der Waals surface area (Å²) in [4.78, 5) is 39.4. The molecule has 1 aliphatic rings. The van der Waals surface area contributed by atoms with Gasteiger partial charge in [0.25, 0.3) is 11.8 Å². The average Bonchev–Trinajstić information content (AvgIpc) is 2.87. The second kappa shape index (κ2) is 9.34. The van der Waals surface area contributed by atoms with Gasteiger partial charge in [0.2, 0.25) is 0 Å². The van der Waals surface area contributed by atoms with Gasteiger partial charge < -0.3 is 9.84 Å². The highest BCUT2D eigenvalue weighted by Gasteiger charge is 2.37. The summed E-state index contributed by atoms with van der Waals surface area (Å²) < 4.78 is 20.1. The summed E-state index contributed by atoms with van der Waals surface area (Å²) >= 11 is 0. The van der Waals surface area contributed by atoms with Gasteiger partial charge in [0.1, 0.15) is 29.5 Å². The molecule has 0 bridgehead atoms. The maximum Gasteiger partial charge on any atom is 0.335 e. The minimum atomic E-state index is -0.901. The largest absolute Gasteiger partial charge is 0.508 e. The van der Waals surface area contributed by atoms with Crippen LogP contribution < -0.4 is 15.0 Å². The molecule has 2 N–H and O–H groups in total. The number of carbonyl (C=O) groups is 3. The third kappa shape index (κ3) is 4.27. The summed E-state index contributed by atoms with van der Waals surface area (Å²) in [7, 11) is 0. The molecular weight excluding hydrogens is 463 g/mol. The molecule has 0 aromatic heterocycles. The Labute approximate surface area is 205 Å². The molecule has 8 heteroatoms. The zero-order chi connectivity index (χ0) is 25.2. The molecule has 178 valence electrons. The Morgan fingerprint density at radius 2 is 1.61 bits per heavy atom. The lowest BCUT2D eigenvalue weighted by Crippen LogP contribution is -2.54. The number of ether oxygens (including phenoxy) is 1. The first-order chi connectivity index (χ1) is 17.4. The van der Waals surface area contributed by atoms with Crippen molar-refractivity contribution in [1.82, 2.24) is 5.32 Å². The Kier molecular flexibility index (Phi) is 5.92. The maximum absolute atomic E-state index is 14.1. The third-order valence-corrected chi connectivity index (χ3v) is 5.77. The number of urea groups is 1. The molecule has 1 heterocycles. The Morgan fingerprint density at radius 1 is 0.889 bits per heavy atom. The molecule has 4 aromatic carbocycles.